The molecule has 0 fully saturated rings. The molecule has 3 rings (SSSR count). The second kappa shape index (κ2) is 4.48. The molecule has 110 valence electrons. The van der Waals surface area contributed by atoms with E-state index in [1.807, 2.05) is 0 Å². The highest BCUT2D eigenvalue weighted by molar-refractivity contribution is 7.91. The molecular formula is C12H10N2O6S. The lowest BCUT2D eigenvalue weighted by atomic mass is 10.1. The first-order chi connectivity index (χ1) is 9.88. The lowest BCUT2D eigenvalue weighted by molar-refractivity contribution is 0.0690. The fraction of sp³-hybridized carbons (Fsp3) is 0.167. The van der Waals surface area contributed by atoms with Crippen molar-refractivity contribution in [3.8, 4) is 22.8 Å². The molecule has 2 N–H and O–H groups in total. The Hall–Kier alpha value is -2.55. The van der Waals surface area contributed by atoms with Crippen molar-refractivity contribution in [3.05, 3.63) is 23.9 Å². The van der Waals surface area contributed by atoms with Gasteiger partial charge in [0.15, 0.2) is 21.3 Å². The number of rotatable bonds is 3. The number of carboxylic acid groups (broad SMARTS) is 1. The maximum atomic E-state index is 12.0. The van der Waals surface area contributed by atoms with Crippen molar-refractivity contribution in [2.75, 3.05) is 13.0 Å². The number of benzene rings is 1. The van der Waals surface area contributed by atoms with Gasteiger partial charge < -0.3 is 14.6 Å². The Morgan fingerprint density at radius 3 is 2.76 bits per heavy atom. The number of nitrogens with one attached hydrogen (secondary N) is 1. The van der Waals surface area contributed by atoms with Crippen LogP contribution < -0.4 is 9.47 Å². The molecule has 0 saturated heterocycles. The van der Waals surface area contributed by atoms with Crippen LogP contribution in [0.1, 0.15) is 10.5 Å². The van der Waals surface area contributed by atoms with Crippen LogP contribution in [0.15, 0.2) is 23.1 Å². The number of fused-ring (bicyclic) bond motifs is 1. The Bertz CT molecular complexity index is 839. The van der Waals surface area contributed by atoms with Crippen molar-refractivity contribution in [2.24, 2.45) is 0 Å². The molecular weight excluding hydrogens is 300 g/mol. The summed E-state index contributed by atoms with van der Waals surface area (Å²) in [5.74, 6) is -0.738. The van der Waals surface area contributed by atoms with Gasteiger partial charge in [-0.05, 0) is 18.2 Å². The molecule has 0 atom stereocenters. The van der Waals surface area contributed by atoms with Crippen LogP contribution in [0.5, 0.6) is 11.5 Å². The second-order valence-electron chi connectivity index (χ2n) is 4.42. The number of hydrogen-bond donors (Lipinski definition) is 2. The SMILES string of the molecule is CS(=O)(=O)c1c(-c2cc(C(=O)O)[nH]n2)ccc2c1OCO2. The van der Waals surface area contributed by atoms with Crippen molar-refractivity contribution in [1.82, 2.24) is 10.2 Å². The molecule has 8 nitrogen and oxygen atoms in total. The quantitative estimate of drug-likeness (QED) is 0.864. The van der Waals surface area contributed by atoms with Gasteiger partial charge in [-0.1, -0.05) is 0 Å². The third kappa shape index (κ3) is 2.21. The van der Waals surface area contributed by atoms with Crippen molar-refractivity contribution in [1.29, 1.82) is 0 Å². The van der Waals surface area contributed by atoms with Crippen LogP contribution in [0.4, 0.5) is 0 Å². The molecule has 2 aromatic rings. The first-order valence-corrected chi connectivity index (χ1v) is 7.69. The summed E-state index contributed by atoms with van der Waals surface area (Å²) < 4.78 is 34.5. The van der Waals surface area contributed by atoms with Crippen molar-refractivity contribution >= 4 is 15.8 Å². The second-order valence-corrected chi connectivity index (χ2v) is 6.37. The van der Waals surface area contributed by atoms with Gasteiger partial charge in [-0.25, -0.2) is 13.2 Å². The van der Waals surface area contributed by atoms with Crippen LogP contribution in [0.2, 0.25) is 0 Å². The molecule has 0 amide bonds. The smallest absolute Gasteiger partial charge is 0.353 e. The number of aromatic nitrogens is 2. The van der Waals surface area contributed by atoms with Gasteiger partial charge in [0.2, 0.25) is 6.79 Å². The molecule has 1 aliphatic rings. The molecule has 21 heavy (non-hydrogen) atoms. The fourth-order valence-electron chi connectivity index (χ4n) is 2.09. The summed E-state index contributed by atoms with van der Waals surface area (Å²) in [5.41, 5.74) is 0.318. The van der Waals surface area contributed by atoms with Crippen molar-refractivity contribution < 1.29 is 27.8 Å². The highest BCUT2D eigenvalue weighted by Gasteiger charge is 2.29. The van der Waals surface area contributed by atoms with Gasteiger partial charge >= 0.3 is 5.97 Å². The number of H-pyrrole nitrogens is 1. The Labute approximate surface area is 119 Å². The summed E-state index contributed by atoms with van der Waals surface area (Å²) in [7, 11) is -3.62. The van der Waals surface area contributed by atoms with Gasteiger partial charge in [0.25, 0.3) is 0 Å². The predicted octanol–water partition coefficient (Wildman–Crippen LogP) is 0.907. The molecule has 0 unspecified atom stereocenters. The molecule has 0 bridgehead atoms. The van der Waals surface area contributed by atoms with E-state index in [2.05, 4.69) is 10.2 Å². The van der Waals surface area contributed by atoms with Gasteiger partial charge in [0.1, 0.15) is 10.6 Å². The number of carboxylic acids is 1. The Morgan fingerprint density at radius 1 is 1.38 bits per heavy atom. The monoisotopic (exact) mass is 310 g/mol. The molecule has 0 radical (unpaired) electrons. The summed E-state index contributed by atoms with van der Waals surface area (Å²) in [6.07, 6.45) is 1.04. The van der Waals surface area contributed by atoms with Gasteiger partial charge in [-0.2, -0.15) is 5.10 Å². The highest BCUT2D eigenvalue weighted by Crippen LogP contribution is 2.43. The molecule has 1 aromatic heterocycles. The molecule has 0 aliphatic carbocycles. The molecule has 0 spiro atoms. The Morgan fingerprint density at radius 2 is 2.14 bits per heavy atom. The topological polar surface area (TPSA) is 119 Å². The number of carbonyl (C=O) groups is 1. The average Bonchev–Trinajstić information content (AvgIpc) is 3.05. The van der Waals surface area contributed by atoms with E-state index in [0.29, 0.717) is 5.75 Å². The summed E-state index contributed by atoms with van der Waals surface area (Å²) in [5, 5.41) is 15.1. The van der Waals surface area contributed by atoms with Gasteiger partial charge in [-0.3, -0.25) is 5.10 Å². The Kier molecular flexibility index (Phi) is 2.87. The molecule has 2 heterocycles. The molecule has 9 heteroatoms. The minimum atomic E-state index is -3.62. The first kappa shape index (κ1) is 13.4. The van der Waals surface area contributed by atoms with E-state index in [1.54, 1.807) is 6.07 Å². The van der Waals surface area contributed by atoms with E-state index in [1.165, 1.54) is 12.1 Å². The zero-order valence-electron chi connectivity index (χ0n) is 10.8. The van der Waals surface area contributed by atoms with Crippen LogP contribution in [-0.2, 0) is 9.84 Å². The maximum Gasteiger partial charge on any atom is 0.353 e. The fourth-order valence-corrected chi connectivity index (χ4v) is 3.15. The summed E-state index contributed by atoms with van der Waals surface area (Å²) in [6, 6.07) is 4.32. The number of nitrogens with zero attached hydrogens (tertiary/aromatic N) is 1. The summed E-state index contributed by atoms with van der Waals surface area (Å²) in [4.78, 5) is 10.8. The number of hydrogen-bond acceptors (Lipinski definition) is 6. The minimum absolute atomic E-state index is 0.0672. The van der Waals surface area contributed by atoms with E-state index >= 15 is 0 Å². The molecule has 0 saturated carbocycles. The normalized spacial score (nSPS) is 13.4. The standard InChI is InChI=1S/C12H10N2O6S/c1-21(17,18)11-6(2-3-9-10(11)20-5-19-9)7-4-8(12(15)16)14-13-7/h2-4H,5H2,1H3,(H,13,14)(H,15,16). The maximum absolute atomic E-state index is 12.0. The summed E-state index contributed by atoms with van der Waals surface area (Å²) >= 11 is 0. The van der Waals surface area contributed by atoms with E-state index in [4.69, 9.17) is 14.6 Å². The van der Waals surface area contributed by atoms with Crippen LogP contribution in [0.25, 0.3) is 11.3 Å². The zero-order valence-corrected chi connectivity index (χ0v) is 11.6. The average molecular weight is 310 g/mol. The van der Waals surface area contributed by atoms with Gasteiger partial charge in [0.05, 0.1) is 5.69 Å². The van der Waals surface area contributed by atoms with Gasteiger partial charge in [0, 0.05) is 11.8 Å². The van der Waals surface area contributed by atoms with Gasteiger partial charge in [-0.15, -0.1) is 0 Å². The number of sulfone groups is 1. The number of ether oxygens (including phenoxy) is 2. The van der Waals surface area contributed by atoms with Crippen LogP contribution in [0.3, 0.4) is 0 Å². The molecule has 1 aromatic carbocycles. The summed E-state index contributed by atoms with van der Waals surface area (Å²) in [6.45, 7) is -0.0672. The van der Waals surface area contributed by atoms with E-state index in [0.717, 1.165) is 6.26 Å². The largest absolute Gasteiger partial charge is 0.477 e. The van der Waals surface area contributed by atoms with Crippen LogP contribution in [0, 0.1) is 0 Å². The lowest BCUT2D eigenvalue weighted by Gasteiger charge is -2.08. The minimum Gasteiger partial charge on any atom is -0.477 e. The third-order valence-corrected chi connectivity index (χ3v) is 4.10. The third-order valence-electron chi connectivity index (χ3n) is 2.95. The van der Waals surface area contributed by atoms with Crippen molar-refractivity contribution in [3.63, 3.8) is 0 Å². The molecule has 1 aliphatic heterocycles. The number of aromatic amines is 1. The van der Waals surface area contributed by atoms with Crippen LogP contribution in [-0.4, -0.2) is 42.7 Å². The number of aromatic carboxylic acids is 1. The van der Waals surface area contributed by atoms with Crippen molar-refractivity contribution in [2.45, 2.75) is 4.90 Å². The van der Waals surface area contributed by atoms with Crippen LogP contribution >= 0.6 is 0 Å². The lowest BCUT2D eigenvalue weighted by Crippen LogP contribution is -2.02. The predicted molar refractivity (Wildman–Crippen MR) is 70.2 cm³/mol. The highest BCUT2D eigenvalue weighted by atomic mass is 32.2. The van der Waals surface area contributed by atoms with E-state index in [9.17, 15) is 13.2 Å². The Balaban J connectivity index is 2.25. The van der Waals surface area contributed by atoms with E-state index in [-0.39, 0.29) is 34.4 Å². The first-order valence-electron chi connectivity index (χ1n) is 5.79. The van der Waals surface area contributed by atoms with E-state index < -0.39 is 15.8 Å². The zero-order chi connectivity index (χ0) is 15.2.